The molecule has 3 amide bonds. The van der Waals surface area contributed by atoms with Crippen molar-refractivity contribution in [1.29, 1.82) is 0 Å². The zero-order valence-electron chi connectivity index (χ0n) is 16.9. The Morgan fingerprint density at radius 1 is 1.03 bits per heavy atom. The molecular formula is C23H26N4O3. The lowest BCUT2D eigenvalue weighted by Crippen LogP contribution is -2.30. The van der Waals surface area contributed by atoms with Crippen LogP contribution in [0.1, 0.15) is 52.8 Å². The molecule has 0 unspecified atom stereocenters. The predicted octanol–water partition coefficient (Wildman–Crippen LogP) is 2.38. The second kappa shape index (κ2) is 9.07. The summed E-state index contributed by atoms with van der Waals surface area (Å²) in [5.41, 5.74) is 2.83. The maximum absolute atomic E-state index is 12.5. The number of aromatic nitrogens is 1. The molecular weight excluding hydrogens is 380 g/mol. The maximum Gasteiger partial charge on any atom is 0.252 e. The third kappa shape index (κ3) is 5.03. The Bertz CT molecular complexity index is 938. The van der Waals surface area contributed by atoms with E-state index in [-0.39, 0.29) is 17.7 Å². The van der Waals surface area contributed by atoms with E-state index in [1.165, 1.54) is 0 Å². The number of amides is 3. The standard InChI is InChI=1S/C23H26N4O3/c28-21-3-1-11-27(21)12-2-10-25-22(29)19-13-18(14-24-15-19)16-4-6-17(7-5-16)23(30)26-20-8-9-20/h4-7,13-15,20H,1-3,8-12H2,(H,25,29)(H,26,30). The fourth-order valence-corrected chi connectivity index (χ4v) is 3.55. The topological polar surface area (TPSA) is 91.4 Å². The Hall–Kier alpha value is -3.22. The zero-order valence-corrected chi connectivity index (χ0v) is 16.9. The van der Waals surface area contributed by atoms with Crippen LogP contribution in [0.5, 0.6) is 0 Å². The second-order valence-electron chi connectivity index (χ2n) is 7.88. The third-order valence-corrected chi connectivity index (χ3v) is 5.46. The minimum Gasteiger partial charge on any atom is -0.352 e. The molecule has 2 aromatic rings. The summed E-state index contributed by atoms with van der Waals surface area (Å²) in [7, 11) is 0. The molecule has 2 N–H and O–H groups in total. The molecule has 1 aromatic carbocycles. The van der Waals surface area contributed by atoms with Gasteiger partial charge in [0.2, 0.25) is 5.91 Å². The van der Waals surface area contributed by atoms with Gasteiger partial charge in [0.25, 0.3) is 11.8 Å². The minimum absolute atomic E-state index is 0.0501. The first kappa shape index (κ1) is 20.1. The van der Waals surface area contributed by atoms with E-state index in [9.17, 15) is 14.4 Å². The number of rotatable bonds is 8. The van der Waals surface area contributed by atoms with Crippen molar-refractivity contribution in [2.24, 2.45) is 0 Å². The van der Waals surface area contributed by atoms with Gasteiger partial charge in [0.05, 0.1) is 5.56 Å². The van der Waals surface area contributed by atoms with Crippen molar-refractivity contribution in [2.45, 2.75) is 38.1 Å². The molecule has 0 spiro atoms. The Morgan fingerprint density at radius 2 is 1.83 bits per heavy atom. The molecule has 0 bridgehead atoms. The van der Waals surface area contributed by atoms with Gasteiger partial charge in [-0.1, -0.05) is 12.1 Å². The van der Waals surface area contributed by atoms with Crippen LogP contribution in [0.4, 0.5) is 0 Å². The van der Waals surface area contributed by atoms with Crippen LogP contribution in [0.2, 0.25) is 0 Å². The number of hydrogen-bond acceptors (Lipinski definition) is 4. The molecule has 7 nitrogen and oxygen atoms in total. The normalized spacial score (nSPS) is 15.9. The molecule has 2 heterocycles. The van der Waals surface area contributed by atoms with E-state index < -0.39 is 0 Å². The Kier molecular flexibility index (Phi) is 6.07. The molecule has 2 aliphatic rings. The summed E-state index contributed by atoms with van der Waals surface area (Å²) in [6.07, 6.45) is 7.65. The summed E-state index contributed by atoms with van der Waals surface area (Å²) in [6.45, 7) is 2.01. The van der Waals surface area contributed by atoms with Crippen LogP contribution in [0, 0.1) is 0 Å². The number of pyridine rings is 1. The van der Waals surface area contributed by atoms with E-state index in [4.69, 9.17) is 0 Å². The number of hydrogen-bond donors (Lipinski definition) is 2. The van der Waals surface area contributed by atoms with Crippen molar-refractivity contribution in [3.63, 3.8) is 0 Å². The fourth-order valence-electron chi connectivity index (χ4n) is 3.55. The Labute approximate surface area is 175 Å². The van der Waals surface area contributed by atoms with Crippen LogP contribution in [-0.2, 0) is 4.79 Å². The molecule has 156 valence electrons. The van der Waals surface area contributed by atoms with E-state index >= 15 is 0 Å². The first-order chi connectivity index (χ1) is 14.6. The van der Waals surface area contributed by atoms with Gasteiger partial charge in [-0.25, -0.2) is 0 Å². The number of nitrogens with zero attached hydrogens (tertiary/aromatic N) is 2. The van der Waals surface area contributed by atoms with Gasteiger partial charge < -0.3 is 15.5 Å². The SMILES string of the molecule is O=C(NCCCN1CCCC1=O)c1cncc(-c2ccc(C(=O)NC3CC3)cc2)c1. The summed E-state index contributed by atoms with van der Waals surface area (Å²) < 4.78 is 0. The van der Waals surface area contributed by atoms with E-state index in [0.717, 1.165) is 43.4 Å². The summed E-state index contributed by atoms with van der Waals surface area (Å²) in [5.74, 6) is -0.0299. The molecule has 0 atom stereocenters. The Morgan fingerprint density at radius 3 is 2.53 bits per heavy atom. The lowest BCUT2D eigenvalue weighted by molar-refractivity contribution is -0.127. The molecule has 1 saturated carbocycles. The number of carbonyl (C=O) groups is 3. The maximum atomic E-state index is 12.5. The van der Waals surface area contributed by atoms with Gasteiger partial charge in [-0.05, 0) is 49.4 Å². The van der Waals surface area contributed by atoms with Crippen molar-refractivity contribution in [2.75, 3.05) is 19.6 Å². The van der Waals surface area contributed by atoms with Crippen LogP contribution in [0.3, 0.4) is 0 Å². The van der Waals surface area contributed by atoms with Crippen molar-refractivity contribution >= 4 is 17.7 Å². The predicted molar refractivity (Wildman–Crippen MR) is 113 cm³/mol. The second-order valence-corrected chi connectivity index (χ2v) is 7.88. The van der Waals surface area contributed by atoms with Gasteiger partial charge in [0.15, 0.2) is 0 Å². The molecule has 30 heavy (non-hydrogen) atoms. The van der Waals surface area contributed by atoms with Gasteiger partial charge in [-0.3, -0.25) is 19.4 Å². The zero-order chi connectivity index (χ0) is 20.9. The van der Waals surface area contributed by atoms with E-state index in [2.05, 4.69) is 15.6 Å². The lowest BCUT2D eigenvalue weighted by Gasteiger charge is -2.15. The Balaban J connectivity index is 1.31. The summed E-state index contributed by atoms with van der Waals surface area (Å²) in [4.78, 5) is 42.2. The summed E-state index contributed by atoms with van der Waals surface area (Å²) in [5, 5.41) is 5.87. The molecule has 1 aromatic heterocycles. The van der Waals surface area contributed by atoms with Gasteiger partial charge >= 0.3 is 0 Å². The highest BCUT2D eigenvalue weighted by Crippen LogP contribution is 2.22. The fraction of sp³-hybridized carbons (Fsp3) is 0.391. The van der Waals surface area contributed by atoms with Crippen molar-refractivity contribution in [3.8, 4) is 11.1 Å². The van der Waals surface area contributed by atoms with Gasteiger partial charge in [0, 0.05) is 55.6 Å². The number of nitrogens with one attached hydrogen (secondary N) is 2. The van der Waals surface area contributed by atoms with Crippen molar-refractivity contribution in [1.82, 2.24) is 20.5 Å². The van der Waals surface area contributed by atoms with Crippen molar-refractivity contribution in [3.05, 3.63) is 53.9 Å². The van der Waals surface area contributed by atoms with Crippen LogP contribution in [0.15, 0.2) is 42.7 Å². The van der Waals surface area contributed by atoms with E-state index in [0.29, 0.717) is 36.7 Å². The first-order valence-corrected chi connectivity index (χ1v) is 10.5. The summed E-state index contributed by atoms with van der Waals surface area (Å²) >= 11 is 0. The average molecular weight is 406 g/mol. The number of benzene rings is 1. The van der Waals surface area contributed by atoms with Crippen molar-refractivity contribution < 1.29 is 14.4 Å². The van der Waals surface area contributed by atoms with Crippen LogP contribution in [0.25, 0.3) is 11.1 Å². The molecule has 4 rings (SSSR count). The average Bonchev–Trinajstić information content (AvgIpc) is 3.50. The lowest BCUT2D eigenvalue weighted by atomic mass is 10.0. The largest absolute Gasteiger partial charge is 0.352 e. The van der Waals surface area contributed by atoms with Gasteiger partial charge in [-0.15, -0.1) is 0 Å². The monoisotopic (exact) mass is 406 g/mol. The molecule has 7 heteroatoms. The van der Waals surface area contributed by atoms with Gasteiger partial charge in [-0.2, -0.15) is 0 Å². The molecule has 1 aliphatic heterocycles. The van der Waals surface area contributed by atoms with Crippen LogP contribution >= 0.6 is 0 Å². The molecule has 2 fully saturated rings. The van der Waals surface area contributed by atoms with Crippen LogP contribution in [-0.4, -0.2) is 53.3 Å². The smallest absolute Gasteiger partial charge is 0.252 e. The highest BCUT2D eigenvalue weighted by Gasteiger charge is 2.23. The number of carbonyl (C=O) groups excluding carboxylic acids is 3. The summed E-state index contributed by atoms with van der Waals surface area (Å²) in [6, 6.07) is 9.44. The molecule has 1 saturated heterocycles. The van der Waals surface area contributed by atoms with Gasteiger partial charge in [0.1, 0.15) is 0 Å². The highest BCUT2D eigenvalue weighted by atomic mass is 16.2. The van der Waals surface area contributed by atoms with E-state index in [1.54, 1.807) is 30.6 Å². The minimum atomic E-state index is -0.183. The van der Waals surface area contributed by atoms with E-state index in [1.807, 2.05) is 17.0 Å². The first-order valence-electron chi connectivity index (χ1n) is 10.5. The van der Waals surface area contributed by atoms with Crippen LogP contribution < -0.4 is 10.6 Å². The highest BCUT2D eigenvalue weighted by molar-refractivity contribution is 5.96. The number of likely N-dealkylation sites (tertiary alicyclic amines) is 1. The molecule has 1 aliphatic carbocycles. The molecule has 0 radical (unpaired) electrons. The quantitative estimate of drug-likeness (QED) is 0.659. The third-order valence-electron chi connectivity index (χ3n) is 5.46.